The quantitative estimate of drug-likeness (QED) is 0.870. The summed E-state index contributed by atoms with van der Waals surface area (Å²) in [6.45, 7) is 0.0306. The minimum atomic E-state index is -4.30. The summed E-state index contributed by atoms with van der Waals surface area (Å²) in [4.78, 5) is 13.5. The topological polar surface area (TPSA) is 46.3 Å². The van der Waals surface area contributed by atoms with E-state index in [9.17, 15) is 18.0 Å². The third-order valence-electron chi connectivity index (χ3n) is 3.50. The molecule has 1 aliphatic heterocycles. The van der Waals surface area contributed by atoms with Gasteiger partial charge in [-0.2, -0.15) is 13.2 Å². The number of carbonyl (C=O) groups excluding carboxylic acids is 1. The molecule has 1 atom stereocenters. The highest BCUT2D eigenvalue weighted by atomic mass is 19.4. The maximum absolute atomic E-state index is 12.5. The van der Waals surface area contributed by atoms with Gasteiger partial charge >= 0.3 is 6.18 Å². The summed E-state index contributed by atoms with van der Waals surface area (Å²) in [6.07, 6.45) is -3.03. The first-order chi connectivity index (χ1) is 9.88. The van der Waals surface area contributed by atoms with Gasteiger partial charge in [0.15, 0.2) is 0 Å². The summed E-state index contributed by atoms with van der Waals surface area (Å²) in [6, 6.07) is 8.58. The van der Waals surface area contributed by atoms with Gasteiger partial charge in [-0.05, 0) is 18.4 Å². The average molecular weight is 298 g/mol. The van der Waals surface area contributed by atoms with Crippen LogP contribution in [0.4, 0.5) is 13.2 Å². The first kappa shape index (κ1) is 15.6. The number of rotatable bonds is 3. The van der Waals surface area contributed by atoms with Crippen molar-refractivity contribution in [3.05, 3.63) is 47.5 Å². The van der Waals surface area contributed by atoms with E-state index in [4.69, 9.17) is 5.73 Å². The van der Waals surface area contributed by atoms with E-state index >= 15 is 0 Å². The lowest BCUT2D eigenvalue weighted by Crippen LogP contribution is -2.47. The van der Waals surface area contributed by atoms with Crippen molar-refractivity contribution >= 4 is 5.91 Å². The van der Waals surface area contributed by atoms with Gasteiger partial charge in [-0.3, -0.25) is 4.79 Å². The van der Waals surface area contributed by atoms with Crippen molar-refractivity contribution in [1.82, 2.24) is 4.90 Å². The summed E-state index contributed by atoms with van der Waals surface area (Å²) in [7, 11) is 0. The third-order valence-corrected chi connectivity index (χ3v) is 3.50. The van der Waals surface area contributed by atoms with E-state index in [0.29, 0.717) is 6.42 Å². The highest BCUT2D eigenvalue weighted by Crippen LogP contribution is 2.30. The fraction of sp³-hybridized carbons (Fsp3) is 0.400. The van der Waals surface area contributed by atoms with Crippen molar-refractivity contribution < 1.29 is 18.0 Å². The molecule has 0 aromatic heterocycles. The summed E-state index contributed by atoms with van der Waals surface area (Å²) in [5.41, 5.74) is 6.23. The van der Waals surface area contributed by atoms with Crippen LogP contribution < -0.4 is 5.73 Å². The molecule has 3 nitrogen and oxygen atoms in total. The Bertz CT molecular complexity index is 525. The van der Waals surface area contributed by atoms with Crippen molar-refractivity contribution in [2.24, 2.45) is 5.73 Å². The second kappa shape index (κ2) is 6.30. The number of halogens is 3. The van der Waals surface area contributed by atoms with Gasteiger partial charge in [-0.1, -0.05) is 36.4 Å². The van der Waals surface area contributed by atoms with Gasteiger partial charge in [0.1, 0.15) is 0 Å². The van der Waals surface area contributed by atoms with E-state index in [1.807, 2.05) is 30.3 Å². The van der Waals surface area contributed by atoms with Crippen LogP contribution in [0.1, 0.15) is 12.0 Å². The van der Waals surface area contributed by atoms with Crippen LogP contribution in [0.15, 0.2) is 42.0 Å². The highest BCUT2D eigenvalue weighted by molar-refractivity contribution is 5.82. The first-order valence-electron chi connectivity index (χ1n) is 6.72. The zero-order valence-electron chi connectivity index (χ0n) is 11.4. The molecule has 0 saturated heterocycles. The van der Waals surface area contributed by atoms with Crippen molar-refractivity contribution in [3.63, 3.8) is 0 Å². The molecule has 0 spiro atoms. The van der Waals surface area contributed by atoms with Crippen LogP contribution >= 0.6 is 0 Å². The molecule has 0 unspecified atom stereocenters. The molecule has 2 N–H and O–H groups in total. The maximum atomic E-state index is 12.5. The number of benzene rings is 1. The molecule has 0 aliphatic carbocycles. The Morgan fingerprint density at radius 3 is 2.48 bits per heavy atom. The lowest BCUT2D eigenvalue weighted by molar-refractivity contribution is -0.133. The normalized spacial score (nSPS) is 17.3. The third kappa shape index (κ3) is 4.07. The Balaban J connectivity index is 1.94. The monoisotopic (exact) mass is 298 g/mol. The molecule has 21 heavy (non-hydrogen) atoms. The van der Waals surface area contributed by atoms with E-state index in [2.05, 4.69) is 0 Å². The Morgan fingerprint density at radius 1 is 1.29 bits per heavy atom. The average Bonchev–Trinajstić information content (AvgIpc) is 2.46. The fourth-order valence-electron chi connectivity index (χ4n) is 2.32. The van der Waals surface area contributed by atoms with Crippen LogP contribution in [0, 0.1) is 0 Å². The molecular formula is C15H17F3N2O. The standard InChI is InChI=1S/C15H17F3N2O/c16-15(17,18)12-6-8-20(9-7-12)14(21)13(19)10-11-4-2-1-3-5-11/h1-6,13H,7-10,19H2/t13-/m1/s1. The fourth-order valence-corrected chi connectivity index (χ4v) is 2.32. The predicted molar refractivity (Wildman–Crippen MR) is 73.5 cm³/mol. The molecule has 0 saturated carbocycles. The molecule has 1 heterocycles. The van der Waals surface area contributed by atoms with Crippen molar-refractivity contribution in [2.75, 3.05) is 13.1 Å². The van der Waals surface area contributed by atoms with E-state index in [1.54, 1.807) is 0 Å². The van der Waals surface area contributed by atoms with E-state index in [0.717, 1.165) is 11.6 Å². The maximum Gasteiger partial charge on any atom is 0.412 e. The van der Waals surface area contributed by atoms with Crippen molar-refractivity contribution in [1.29, 1.82) is 0 Å². The second-order valence-electron chi connectivity index (χ2n) is 5.06. The molecule has 114 valence electrons. The largest absolute Gasteiger partial charge is 0.412 e. The Hall–Kier alpha value is -1.82. The van der Waals surface area contributed by atoms with Gasteiger partial charge < -0.3 is 10.6 Å². The van der Waals surface area contributed by atoms with E-state index < -0.39 is 17.8 Å². The number of hydrogen-bond acceptors (Lipinski definition) is 2. The van der Waals surface area contributed by atoms with Gasteiger partial charge in [0.25, 0.3) is 0 Å². The van der Waals surface area contributed by atoms with Crippen LogP contribution in [-0.2, 0) is 11.2 Å². The predicted octanol–water partition coefficient (Wildman–Crippen LogP) is 2.28. The molecule has 1 aromatic rings. The Labute approximate surface area is 121 Å². The molecule has 0 fully saturated rings. The van der Waals surface area contributed by atoms with Crippen LogP contribution in [0.2, 0.25) is 0 Å². The van der Waals surface area contributed by atoms with Crippen LogP contribution in [0.25, 0.3) is 0 Å². The number of carbonyl (C=O) groups is 1. The number of nitrogens with two attached hydrogens (primary N) is 1. The van der Waals surface area contributed by atoms with Crippen molar-refractivity contribution in [3.8, 4) is 0 Å². The number of nitrogens with zero attached hydrogens (tertiary/aromatic N) is 1. The zero-order chi connectivity index (χ0) is 15.5. The van der Waals surface area contributed by atoms with Gasteiger partial charge in [0.2, 0.25) is 5.91 Å². The van der Waals surface area contributed by atoms with Gasteiger partial charge in [-0.25, -0.2) is 0 Å². The van der Waals surface area contributed by atoms with Gasteiger partial charge in [-0.15, -0.1) is 0 Å². The molecule has 2 rings (SSSR count). The van der Waals surface area contributed by atoms with E-state index in [1.165, 1.54) is 4.90 Å². The van der Waals surface area contributed by atoms with Crippen LogP contribution in [0.5, 0.6) is 0 Å². The van der Waals surface area contributed by atoms with E-state index in [-0.39, 0.29) is 25.4 Å². The Morgan fingerprint density at radius 2 is 1.95 bits per heavy atom. The first-order valence-corrected chi connectivity index (χ1v) is 6.72. The molecular weight excluding hydrogens is 281 g/mol. The smallest absolute Gasteiger partial charge is 0.337 e. The highest BCUT2D eigenvalue weighted by Gasteiger charge is 2.35. The summed E-state index contributed by atoms with van der Waals surface area (Å²) < 4.78 is 37.6. The van der Waals surface area contributed by atoms with Gasteiger partial charge in [0, 0.05) is 18.7 Å². The van der Waals surface area contributed by atoms with Crippen LogP contribution in [0.3, 0.4) is 0 Å². The lowest BCUT2D eigenvalue weighted by atomic mass is 10.0. The molecule has 6 heteroatoms. The molecule has 1 aromatic carbocycles. The zero-order valence-corrected chi connectivity index (χ0v) is 11.4. The number of hydrogen-bond donors (Lipinski definition) is 1. The number of amides is 1. The molecule has 1 amide bonds. The summed E-state index contributed by atoms with van der Waals surface area (Å²) >= 11 is 0. The summed E-state index contributed by atoms with van der Waals surface area (Å²) in [5, 5.41) is 0. The van der Waals surface area contributed by atoms with Gasteiger partial charge in [0.05, 0.1) is 6.04 Å². The number of alkyl halides is 3. The molecule has 0 radical (unpaired) electrons. The SMILES string of the molecule is N[C@H](Cc1ccccc1)C(=O)N1CC=C(C(F)(F)F)CC1. The minimum absolute atomic E-state index is 0.0316. The van der Waals surface area contributed by atoms with Crippen molar-refractivity contribution in [2.45, 2.75) is 25.1 Å². The second-order valence-corrected chi connectivity index (χ2v) is 5.06. The minimum Gasteiger partial charge on any atom is -0.337 e. The molecule has 1 aliphatic rings. The lowest BCUT2D eigenvalue weighted by Gasteiger charge is -2.29. The van der Waals surface area contributed by atoms with Crippen LogP contribution in [-0.4, -0.2) is 36.1 Å². The summed E-state index contributed by atoms with van der Waals surface area (Å²) in [5.74, 6) is -0.309. The Kier molecular flexibility index (Phi) is 4.67. The molecule has 0 bridgehead atoms.